The molecule has 0 atom stereocenters. The molecule has 0 aliphatic heterocycles. The van der Waals surface area contributed by atoms with E-state index in [1.54, 1.807) is 37.2 Å². The van der Waals surface area contributed by atoms with Crippen LogP contribution in [0, 0.1) is 15.3 Å². The van der Waals surface area contributed by atoms with Gasteiger partial charge in [0.05, 0.1) is 5.09 Å². The molecular weight excluding hydrogens is 647 g/mol. The van der Waals surface area contributed by atoms with Crippen LogP contribution in [0.5, 0.6) is 0 Å². The Morgan fingerprint density at radius 2 is 0.889 bits per heavy atom. The molecule has 0 aromatic carbocycles. The molecule has 0 unspecified atom stereocenters. The number of rotatable bonds is 7. The molecule has 0 aliphatic rings. The molecule has 13 nitrogen and oxygen atoms in total. The maximum atomic E-state index is 8.25. The molecule has 190 valence electrons. The molecule has 4 aromatic heterocycles. The minimum absolute atomic E-state index is 0. The number of hydrogen-bond donors (Lipinski definition) is 3. The van der Waals surface area contributed by atoms with Crippen molar-refractivity contribution in [1.29, 1.82) is 0 Å². The van der Waals surface area contributed by atoms with Crippen molar-refractivity contribution in [2.75, 3.05) is 26.2 Å². The first-order valence-corrected chi connectivity index (χ1v) is 10.4. The van der Waals surface area contributed by atoms with E-state index < -0.39 is 5.09 Å². The van der Waals surface area contributed by atoms with Crippen LogP contribution in [-0.4, -0.2) is 61.2 Å². The van der Waals surface area contributed by atoms with Crippen molar-refractivity contribution in [1.82, 2.24) is 35.2 Å². The molecule has 4 heterocycles. The Labute approximate surface area is 221 Å². The number of aromatic nitrogens is 6. The number of nitrogens with one attached hydrogen (secondary N) is 1. The van der Waals surface area contributed by atoms with E-state index in [0.717, 1.165) is 29.8 Å². The van der Waals surface area contributed by atoms with Gasteiger partial charge in [0.15, 0.2) is 17.5 Å². The largest absolute Gasteiger partial charge is 2.00 e. The molecule has 5 N–H and O–H groups in total. The van der Waals surface area contributed by atoms with E-state index in [1.165, 1.54) is 0 Å². The van der Waals surface area contributed by atoms with E-state index in [2.05, 4.69) is 35.2 Å². The summed E-state index contributed by atoms with van der Waals surface area (Å²) in [5.41, 5.74) is 13.0. The van der Waals surface area contributed by atoms with Crippen molar-refractivity contribution in [2.45, 2.75) is 0 Å². The van der Waals surface area contributed by atoms with E-state index in [4.69, 9.17) is 26.8 Å². The van der Waals surface area contributed by atoms with Crippen LogP contribution in [0.4, 0.5) is 0 Å². The SMILES string of the molecule is NCCNCCN.O=[N+]([O-])[O-].[Pt+2].c1cc(-c2nc(-c3ccncc3)nc(-c3ccncc3)n2)ccn1. The summed E-state index contributed by atoms with van der Waals surface area (Å²) in [5, 5.41) is 17.8. The fraction of sp³-hybridized carbons (Fsp3) is 0.182. The normalized spacial score (nSPS) is 9.50. The second-order valence-corrected chi connectivity index (χ2v) is 6.56. The van der Waals surface area contributed by atoms with E-state index in [-0.39, 0.29) is 21.1 Å². The van der Waals surface area contributed by atoms with Crippen molar-refractivity contribution >= 4 is 0 Å². The smallest absolute Gasteiger partial charge is 0.356 e. The van der Waals surface area contributed by atoms with Gasteiger partial charge in [-0.1, -0.05) is 0 Å². The van der Waals surface area contributed by atoms with Crippen LogP contribution in [0.15, 0.2) is 73.6 Å². The van der Waals surface area contributed by atoms with Gasteiger partial charge in [-0.15, -0.1) is 0 Å². The van der Waals surface area contributed by atoms with Gasteiger partial charge < -0.3 is 32.1 Å². The maximum Gasteiger partial charge on any atom is 2.00 e. The molecule has 0 spiro atoms. The fourth-order valence-electron chi connectivity index (χ4n) is 2.60. The number of nitrogens with two attached hydrogens (primary N) is 2. The Bertz CT molecular complexity index is 995. The first-order valence-electron chi connectivity index (χ1n) is 10.4. The van der Waals surface area contributed by atoms with Gasteiger partial charge in [0.25, 0.3) is 0 Å². The average Bonchev–Trinajstić information content (AvgIpc) is 2.90. The second kappa shape index (κ2) is 17.6. The first-order chi connectivity index (χ1) is 17.0. The Kier molecular flexibility index (Phi) is 14.8. The summed E-state index contributed by atoms with van der Waals surface area (Å²) in [5.74, 6) is 1.81. The van der Waals surface area contributed by atoms with Crippen LogP contribution in [0.2, 0.25) is 0 Å². The summed E-state index contributed by atoms with van der Waals surface area (Å²) >= 11 is 0. The van der Waals surface area contributed by atoms with Crippen molar-refractivity contribution < 1.29 is 26.2 Å². The van der Waals surface area contributed by atoms with Crippen LogP contribution in [0.1, 0.15) is 0 Å². The molecule has 0 bridgehead atoms. The summed E-state index contributed by atoms with van der Waals surface area (Å²) in [7, 11) is 0. The van der Waals surface area contributed by atoms with Gasteiger partial charge in [0, 0.05) is 80.1 Å². The van der Waals surface area contributed by atoms with Crippen molar-refractivity contribution in [3.05, 3.63) is 88.9 Å². The van der Waals surface area contributed by atoms with E-state index in [0.29, 0.717) is 30.6 Å². The van der Waals surface area contributed by atoms with Gasteiger partial charge >= 0.3 is 21.1 Å². The Morgan fingerprint density at radius 1 is 0.639 bits per heavy atom. The van der Waals surface area contributed by atoms with E-state index in [9.17, 15) is 0 Å². The molecular formula is C22H25N10O3Pt+. The quantitative estimate of drug-likeness (QED) is 0.144. The molecule has 0 saturated carbocycles. The van der Waals surface area contributed by atoms with Gasteiger partial charge in [-0.3, -0.25) is 15.0 Å². The summed E-state index contributed by atoms with van der Waals surface area (Å²) in [6.07, 6.45) is 10.3. The third-order valence-electron chi connectivity index (χ3n) is 4.09. The first kappa shape index (κ1) is 30.3. The third kappa shape index (κ3) is 11.1. The van der Waals surface area contributed by atoms with Crippen molar-refractivity contribution in [3.8, 4) is 34.2 Å². The van der Waals surface area contributed by atoms with Crippen LogP contribution in [-0.2, 0) is 21.1 Å². The maximum absolute atomic E-state index is 8.25. The minimum atomic E-state index is -1.75. The van der Waals surface area contributed by atoms with Gasteiger partial charge in [-0.05, 0) is 36.4 Å². The van der Waals surface area contributed by atoms with E-state index in [1.807, 2.05) is 36.4 Å². The van der Waals surface area contributed by atoms with Crippen LogP contribution in [0.25, 0.3) is 34.2 Å². The van der Waals surface area contributed by atoms with Gasteiger partial charge in [-0.2, -0.15) is 0 Å². The summed E-state index contributed by atoms with van der Waals surface area (Å²) in [4.78, 5) is 34.2. The molecule has 0 amide bonds. The zero-order chi connectivity index (χ0) is 25.3. The summed E-state index contributed by atoms with van der Waals surface area (Å²) in [6.45, 7) is 3.13. The molecule has 4 rings (SSSR count). The Morgan fingerprint density at radius 3 is 1.11 bits per heavy atom. The average molecular weight is 673 g/mol. The van der Waals surface area contributed by atoms with Gasteiger partial charge in [-0.25, -0.2) is 15.0 Å². The molecule has 14 heteroatoms. The Balaban J connectivity index is 0.000000459. The molecule has 0 aliphatic carbocycles. The van der Waals surface area contributed by atoms with Crippen LogP contribution >= 0.6 is 0 Å². The topological polar surface area (TPSA) is 208 Å². The van der Waals surface area contributed by atoms with Crippen molar-refractivity contribution in [2.24, 2.45) is 11.5 Å². The molecule has 0 fully saturated rings. The predicted octanol–water partition coefficient (Wildman–Crippen LogP) is 1.31. The van der Waals surface area contributed by atoms with Gasteiger partial charge in [0.2, 0.25) is 0 Å². The summed E-state index contributed by atoms with van der Waals surface area (Å²) < 4.78 is 0. The third-order valence-corrected chi connectivity index (χ3v) is 4.09. The molecule has 4 aromatic rings. The monoisotopic (exact) mass is 672 g/mol. The number of nitrogens with zero attached hydrogens (tertiary/aromatic N) is 7. The fourth-order valence-corrected chi connectivity index (χ4v) is 2.60. The van der Waals surface area contributed by atoms with Crippen LogP contribution < -0.4 is 16.8 Å². The van der Waals surface area contributed by atoms with E-state index >= 15 is 0 Å². The second-order valence-electron chi connectivity index (χ2n) is 6.56. The minimum Gasteiger partial charge on any atom is -0.356 e. The summed E-state index contributed by atoms with van der Waals surface area (Å²) in [6, 6.07) is 11.3. The molecule has 36 heavy (non-hydrogen) atoms. The van der Waals surface area contributed by atoms with Crippen LogP contribution in [0.3, 0.4) is 0 Å². The van der Waals surface area contributed by atoms with Crippen molar-refractivity contribution in [3.63, 3.8) is 0 Å². The molecule has 0 saturated heterocycles. The van der Waals surface area contributed by atoms with Gasteiger partial charge in [0.1, 0.15) is 0 Å². The zero-order valence-corrected chi connectivity index (χ0v) is 21.4. The number of pyridine rings is 3. The predicted molar refractivity (Wildman–Crippen MR) is 131 cm³/mol. The Hall–Kier alpha value is -3.77. The zero-order valence-electron chi connectivity index (χ0n) is 19.1. The number of hydrogen-bond acceptors (Lipinski definition) is 12. The standard InChI is InChI=1S/C18H12N6.C4H13N3.NO3.Pt/c1-7-19-8-2-13(1)16-22-17(14-3-9-20-10-4-14)24-18(23-16)15-5-11-21-12-6-15;5-1-3-7-4-2-6;2-1(3)4;/h1-12H;7H,1-6H2;;/q;;-1;+2. The molecule has 0 radical (unpaired) electrons.